The van der Waals surface area contributed by atoms with E-state index >= 15 is 0 Å². The molecule has 1 amide bonds. The van der Waals surface area contributed by atoms with Gasteiger partial charge in [0.1, 0.15) is 5.60 Å². The SMILES string of the molecule is C#C[C@@H](CCO[Si](C)(C)C(C)(C)C)NC(=O)OC(C)(C)C. The van der Waals surface area contributed by atoms with Crippen LogP contribution in [-0.2, 0) is 9.16 Å². The van der Waals surface area contributed by atoms with E-state index in [1.54, 1.807) is 0 Å². The van der Waals surface area contributed by atoms with E-state index in [1.807, 2.05) is 20.8 Å². The molecule has 0 aliphatic carbocycles. The molecule has 122 valence electrons. The summed E-state index contributed by atoms with van der Waals surface area (Å²) in [4.78, 5) is 11.7. The second-order valence-corrected chi connectivity index (χ2v) is 12.6. The van der Waals surface area contributed by atoms with Crippen molar-refractivity contribution in [3.63, 3.8) is 0 Å². The van der Waals surface area contributed by atoms with Gasteiger partial charge in [-0.3, -0.25) is 0 Å². The Balaban J connectivity index is 4.31. The minimum atomic E-state index is -1.78. The number of nitrogens with one attached hydrogen (secondary N) is 1. The van der Waals surface area contributed by atoms with Crippen LogP contribution in [0.4, 0.5) is 4.79 Å². The molecule has 0 spiro atoms. The largest absolute Gasteiger partial charge is 0.444 e. The standard InChI is InChI=1S/C16H31NO3Si/c1-10-13(17-14(18)20-15(2,3)4)11-12-19-21(8,9)16(5,6)7/h1,13H,11-12H2,2-9H3,(H,17,18)/t13-/m0/s1. The molecular formula is C16H31NO3Si. The normalized spacial score (nSPS) is 14.2. The van der Waals surface area contributed by atoms with Gasteiger partial charge < -0.3 is 14.5 Å². The van der Waals surface area contributed by atoms with Crippen molar-refractivity contribution in [2.24, 2.45) is 0 Å². The Hall–Kier alpha value is -0.993. The van der Waals surface area contributed by atoms with Crippen LogP contribution in [0.3, 0.4) is 0 Å². The van der Waals surface area contributed by atoms with Gasteiger partial charge in [0.15, 0.2) is 8.32 Å². The van der Waals surface area contributed by atoms with Crippen LogP contribution in [0.15, 0.2) is 0 Å². The minimum absolute atomic E-state index is 0.164. The first-order valence-corrected chi connectivity index (χ1v) is 10.3. The van der Waals surface area contributed by atoms with Crippen LogP contribution in [0.2, 0.25) is 18.1 Å². The van der Waals surface area contributed by atoms with E-state index in [0.717, 1.165) is 0 Å². The number of alkyl carbamates (subject to hydrolysis) is 1. The van der Waals surface area contributed by atoms with Crippen LogP contribution in [-0.4, -0.2) is 32.7 Å². The molecule has 0 saturated heterocycles. The van der Waals surface area contributed by atoms with Crippen molar-refractivity contribution < 1.29 is 14.0 Å². The number of hydrogen-bond acceptors (Lipinski definition) is 3. The zero-order chi connectivity index (χ0) is 16.9. The molecule has 1 atom stereocenters. The van der Waals surface area contributed by atoms with Gasteiger partial charge in [-0.05, 0) is 38.9 Å². The molecule has 0 unspecified atom stereocenters. The second kappa shape index (κ2) is 7.32. The van der Waals surface area contributed by atoms with Crippen molar-refractivity contribution in [1.82, 2.24) is 5.32 Å². The monoisotopic (exact) mass is 313 g/mol. The Morgan fingerprint density at radius 3 is 2.14 bits per heavy atom. The Morgan fingerprint density at radius 1 is 1.24 bits per heavy atom. The zero-order valence-corrected chi connectivity index (χ0v) is 15.8. The van der Waals surface area contributed by atoms with Gasteiger partial charge in [0.2, 0.25) is 0 Å². The maximum atomic E-state index is 11.7. The highest BCUT2D eigenvalue weighted by atomic mass is 28.4. The van der Waals surface area contributed by atoms with Gasteiger partial charge in [0.25, 0.3) is 0 Å². The molecule has 0 aromatic carbocycles. The molecule has 0 heterocycles. The van der Waals surface area contributed by atoms with Gasteiger partial charge in [-0.2, -0.15) is 0 Å². The lowest BCUT2D eigenvalue weighted by Crippen LogP contribution is -2.43. The van der Waals surface area contributed by atoms with Crippen LogP contribution in [0, 0.1) is 12.3 Å². The molecule has 0 aliphatic rings. The van der Waals surface area contributed by atoms with Gasteiger partial charge in [0.05, 0.1) is 6.04 Å². The Morgan fingerprint density at radius 2 is 1.76 bits per heavy atom. The van der Waals surface area contributed by atoms with Crippen molar-refractivity contribution in [2.45, 2.75) is 77.7 Å². The van der Waals surface area contributed by atoms with E-state index in [9.17, 15) is 4.79 Å². The highest BCUT2D eigenvalue weighted by Gasteiger charge is 2.37. The third kappa shape index (κ3) is 8.13. The molecule has 0 aromatic heterocycles. The number of amides is 1. The van der Waals surface area contributed by atoms with Crippen LogP contribution >= 0.6 is 0 Å². The van der Waals surface area contributed by atoms with E-state index in [-0.39, 0.29) is 11.1 Å². The van der Waals surface area contributed by atoms with Crippen LogP contribution in [0.5, 0.6) is 0 Å². The lowest BCUT2D eigenvalue weighted by Gasteiger charge is -2.36. The molecule has 0 saturated carbocycles. The summed E-state index contributed by atoms with van der Waals surface area (Å²) in [6, 6.07) is -0.371. The summed E-state index contributed by atoms with van der Waals surface area (Å²) in [6.45, 7) is 17.0. The predicted octanol–water partition coefficient (Wildman–Crippen LogP) is 3.92. The topological polar surface area (TPSA) is 47.6 Å². The maximum Gasteiger partial charge on any atom is 0.408 e. The van der Waals surface area contributed by atoms with Crippen molar-refractivity contribution in [3.8, 4) is 12.3 Å². The van der Waals surface area contributed by atoms with Gasteiger partial charge in [0, 0.05) is 13.0 Å². The van der Waals surface area contributed by atoms with Crippen LogP contribution in [0.25, 0.3) is 0 Å². The van der Waals surface area contributed by atoms with Gasteiger partial charge in [-0.15, -0.1) is 6.42 Å². The molecular weight excluding hydrogens is 282 g/mol. The van der Waals surface area contributed by atoms with E-state index < -0.39 is 20.0 Å². The minimum Gasteiger partial charge on any atom is -0.444 e. The zero-order valence-electron chi connectivity index (χ0n) is 14.8. The number of carbonyl (C=O) groups is 1. The molecule has 21 heavy (non-hydrogen) atoms. The number of terminal acetylenes is 1. The maximum absolute atomic E-state index is 11.7. The van der Waals surface area contributed by atoms with Gasteiger partial charge in [-0.25, -0.2) is 4.79 Å². The summed E-state index contributed by atoms with van der Waals surface area (Å²) >= 11 is 0. The quantitative estimate of drug-likeness (QED) is 0.618. The van der Waals surface area contributed by atoms with E-state index in [1.165, 1.54) is 0 Å². The second-order valence-electron chi connectivity index (χ2n) is 7.76. The third-order valence-corrected chi connectivity index (χ3v) is 8.11. The first-order chi connectivity index (χ1) is 9.28. The van der Waals surface area contributed by atoms with E-state index in [2.05, 4.69) is 45.1 Å². The first kappa shape index (κ1) is 20.0. The van der Waals surface area contributed by atoms with E-state index in [0.29, 0.717) is 13.0 Å². The lowest BCUT2D eigenvalue weighted by atomic mass is 10.2. The summed E-state index contributed by atoms with van der Waals surface area (Å²) in [5.74, 6) is 2.57. The molecule has 0 aliphatic heterocycles. The number of rotatable bonds is 5. The molecule has 0 fully saturated rings. The average Bonchev–Trinajstić information content (AvgIpc) is 2.23. The smallest absolute Gasteiger partial charge is 0.408 e. The molecule has 0 bridgehead atoms. The number of carbonyl (C=O) groups excluding carboxylic acids is 1. The van der Waals surface area contributed by atoms with Crippen molar-refractivity contribution in [3.05, 3.63) is 0 Å². The van der Waals surface area contributed by atoms with Crippen molar-refractivity contribution in [1.29, 1.82) is 0 Å². The van der Waals surface area contributed by atoms with Crippen molar-refractivity contribution >= 4 is 14.4 Å². The highest BCUT2D eigenvalue weighted by molar-refractivity contribution is 6.74. The van der Waals surface area contributed by atoms with Gasteiger partial charge in [-0.1, -0.05) is 26.7 Å². The molecule has 4 nitrogen and oxygen atoms in total. The van der Waals surface area contributed by atoms with Gasteiger partial charge >= 0.3 is 6.09 Å². The number of hydrogen-bond donors (Lipinski definition) is 1. The summed E-state index contributed by atoms with van der Waals surface area (Å²) < 4.78 is 11.3. The average molecular weight is 314 g/mol. The molecule has 5 heteroatoms. The first-order valence-electron chi connectivity index (χ1n) is 7.38. The Labute approximate surface area is 131 Å². The fraction of sp³-hybridized carbons (Fsp3) is 0.812. The number of ether oxygens (including phenoxy) is 1. The Bertz CT molecular complexity index is 386. The van der Waals surface area contributed by atoms with E-state index in [4.69, 9.17) is 15.6 Å². The summed E-state index contributed by atoms with van der Waals surface area (Å²) in [7, 11) is -1.78. The fourth-order valence-corrected chi connectivity index (χ4v) is 2.36. The molecule has 0 aromatic rings. The predicted molar refractivity (Wildman–Crippen MR) is 89.8 cm³/mol. The fourth-order valence-electron chi connectivity index (χ4n) is 1.30. The van der Waals surface area contributed by atoms with Crippen molar-refractivity contribution in [2.75, 3.05) is 6.61 Å². The summed E-state index contributed by atoms with van der Waals surface area (Å²) in [6.07, 6.45) is 5.55. The summed E-state index contributed by atoms with van der Waals surface area (Å²) in [5.41, 5.74) is -0.527. The molecule has 0 radical (unpaired) electrons. The van der Waals surface area contributed by atoms with Crippen LogP contribution in [0.1, 0.15) is 48.0 Å². The summed E-state index contributed by atoms with van der Waals surface area (Å²) in [5, 5.41) is 2.85. The van der Waals surface area contributed by atoms with Crippen LogP contribution < -0.4 is 5.32 Å². The third-order valence-electron chi connectivity index (χ3n) is 3.57. The Kier molecular flexibility index (Phi) is 6.98. The molecule has 0 rings (SSSR count). The molecule has 1 N–H and O–H groups in total. The highest BCUT2D eigenvalue weighted by Crippen LogP contribution is 2.36. The lowest BCUT2D eigenvalue weighted by molar-refractivity contribution is 0.0511.